The van der Waals surface area contributed by atoms with Gasteiger partial charge in [0, 0.05) is 48.6 Å². The molecule has 6 rings (SSSR count). The Morgan fingerprint density at radius 2 is 1.96 bits per heavy atom. The van der Waals surface area contributed by atoms with Crippen LogP contribution in [0, 0.1) is 0 Å². The van der Waals surface area contributed by atoms with E-state index in [2.05, 4.69) is 41.0 Å². The Kier molecular flexibility index (Phi) is 10.9. The van der Waals surface area contributed by atoms with Crippen LogP contribution >= 0.6 is 34.9 Å². The molecule has 3 aliphatic heterocycles. The van der Waals surface area contributed by atoms with E-state index in [4.69, 9.17) is 26.9 Å². The zero-order valence-electron chi connectivity index (χ0n) is 29.0. The first-order chi connectivity index (χ1) is 25.7. The lowest BCUT2D eigenvalue weighted by atomic mass is 10.0. The van der Waals surface area contributed by atoms with Crippen LogP contribution in [0.4, 0.5) is 5.13 Å². The highest BCUT2D eigenvalue weighted by Gasteiger charge is 2.55. The van der Waals surface area contributed by atoms with Crippen molar-refractivity contribution in [3.63, 3.8) is 0 Å². The fourth-order valence-electron chi connectivity index (χ4n) is 5.52. The highest BCUT2D eigenvalue weighted by atomic mass is 35.5. The number of phenols is 2. The molecule has 54 heavy (non-hydrogen) atoms. The Hall–Kier alpha value is -5.58. The molecule has 23 heteroatoms. The van der Waals surface area contributed by atoms with Crippen molar-refractivity contribution < 1.29 is 43.5 Å². The largest absolute Gasteiger partial charge is 0.504 e. The number of β-lactam (4-membered cyclic amide) rings is 1. The minimum Gasteiger partial charge on any atom is -0.504 e. The molecular weight excluding hydrogens is 768 g/mol. The number of pyridine rings is 1. The summed E-state index contributed by atoms with van der Waals surface area (Å²) in [5.74, 6) is -3.17. The lowest BCUT2D eigenvalue weighted by Gasteiger charge is -2.51. The molecule has 1 unspecified atom stereocenters. The average molecular weight is 802 g/mol. The van der Waals surface area contributed by atoms with E-state index in [0.29, 0.717) is 18.0 Å². The van der Waals surface area contributed by atoms with Gasteiger partial charge in [0.05, 0.1) is 23.4 Å². The minimum absolute atomic E-state index is 0.0142. The molecule has 3 amide bonds. The smallest absolute Gasteiger partial charge is 0.352 e. The number of nitrogens with one attached hydrogen (secondary N) is 3. The molecule has 0 bridgehead atoms. The molecule has 3 aromatic rings. The first-order valence-electron chi connectivity index (χ1n) is 16.0. The van der Waals surface area contributed by atoms with Crippen LogP contribution in [0.15, 0.2) is 63.4 Å². The minimum atomic E-state index is -1.56. The van der Waals surface area contributed by atoms with E-state index in [1.54, 1.807) is 17.0 Å². The number of phenolic OH excluding ortho intramolecular Hbond substituents is 2. The molecule has 7 N–H and O–H groups in total. The summed E-state index contributed by atoms with van der Waals surface area (Å²) in [6, 6.07) is 5.16. The fourth-order valence-corrected chi connectivity index (χ4v) is 7.55. The van der Waals surface area contributed by atoms with Gasteiger partial charge in [0.2, 0.25) is 17.1 Å². The molecule has 1 aromatic carbocycles. The number of hydrogen-bond acceptors (Lipinski definition) is 18. The Morgan fingerprint density at radius 1 is 1.22 bits per heavy atom. The number of anilines is 1. The van der Waals surface area contributed by atoms with Crippen LogP contribution in [0.1, 0.15) is 35.6 Å². The fraction of sp³-hybridized carbons (Fsp3) is 0.355. The number of aromatic hydroxyl groups is 2. The van der Waals surface area contributed by atoms with Gasteiger partial charge in [0.25, 0.3) is 17.7 Å². The van der Waals surface area contributed by atoms with Crippen molar-refractivity contribution in [2.24, 2.45) is 15.5 Å². The van der Waals surface area contributed by atoms with Gasteiger partial charge in [0.15, 0.2) is 41.7 Å². The van der Waals surface area contributed by atoms with Crippen molar-refractivity contribution in [1.82, 2.24) is 35.4 Å². The Morgan fingerprint density at radius 3 is 2.61 bits per heavy atom. The van der Waals surface area contributed by atoms with E-state index in [1.165, 1.54) is 44.9 Å². The van der Waals surface area contributed by atoms with Crippen LogP contribution in [0.2, 0.25) is 5.02 Å². The number of nitrogens with zero attached hydrogens (tertiary/aromatic N) is 8. The molecule has 0 radical (unpaired) electrons. The second-order valence-electron chi connectivity index (χ2n) is 12.5. The molecule has 2 aromatic heterocycles. The highest BCUT2D eigenvalue weighted by molar-refractivity contribution is 8.00. The summed E-state index contributed by atoms with van der Waals surface area (Å²) in [4.78, 5) is 63.3. The van der Waals surface area contributed by atoms with Crippen LogP contribution in [0.3, 0.4) is 0 Å². The van der Waals surface area contributed by atoms with E-state index in [-0.39, 0.29) is 33.8 Å². The molecule has 20 nitrogen and oxygen atoms in total. The number of oxime groups is 1. The first kappa shape index (κ1) is 38.2. The van der Waals surface area contributed by atoms with Crippen molar-refractivity contribution >= 4 is 69.4 Å². The van der Waals surface area contributed by atoms with Gasteiger partial charge in [-0.05, 0) is 31.5 Å². The van der Waals surface area contributed by atoms with Gasteiger partial charge in [0.1, 0.15) is 11.4 Å². The topological polar surface area (TPSA) is 263 Å². The van der Waals surface area contributed by atoms with Crippen molar-refractivity contribution in [1.29, 1.82) is 0 Å². The molecular formula is C31H34ClN12O8S2+. The van der Waals surface area contributed by atoms with E-state index < -0.39 is 58.4 Å². The van der Waals surface area contributed by atoms with Crippen LogP contribution in [-0.4, -0.2) is 102 Å². The van der Waals surface area contributed by atoms with E-state index in [1.807, 2.05) is 29.1 Å². The van der Waals surface area contributed by atoms with Gasteiger partial charge >= 0.3 is 5.97 Å². The van der Waals surface area contributed by atoms with E-state index in [9.17, 15) is 29.4 Å². The number of esters is 1. The third kappa shape index (κ3) is 7.58. The van der Waals surface area contributed by atoms with Gasteiger partial charge in [-0.25, -0.2) is 14.9 Å². The summed E-state index contributed by atoms with van der Waals surface area (Å²) >= 11 is 8.29. The maximum absolute atomic E-state index is 13.8. The van der Waals surface area contributed by atoms with Gasteiger partial charge in [-0.15, -0.1) is 16.9 Å². The maximum Gasteiger partial charge on any atom is 0.352 e. The number of nitrogens with two attached hydrogens (primary N) is 1. The summed E-state index contributed by atoms with van der Waals surface area (Å²) in [7, 11) is 2.92. The van der Waals surface area contributed by atoms with Gasteiger partial charge in [-0.3, -0.25) is 19.3 Å². The predicted octanol–water partition coefficient (Wildman–Crippen LogP) is 0.572. The Bertz CT molecular complexity index is 2090. The number of fused-ring (bicyclic) bond motifs is 1. The Labute approximate surface area is 320 Å². The molecule has 1 fully saturated rings. The average Bonchev–Trinajstić information content (AvgIpc) is 3.79. The quantitative estimate of drug-likeness (QED) is 0.0366. The maximum atomic E-state index is 13.8. The SMILES string of the molecule is COC(=O)C(C)(C)O/N=C(\C(=O)N[C@@H]1C(=O)N2C(C3N=NNN3C)=C(C[n+]3ccc(CNC(=O)c4ccc(O)c(O)c4Cl)cc3)CS[C@H]12)c1nsc(N)n1. The number of carbonyl (C=O) groups is 4. The number of rotatable bonds is 12. The number of aromatic nitrogens is 3. The second kappa shape index (κ2) is 15.4. The van der Waals surface area contributed by atoms with Gasteiger partial charge < -0.3 is 36.2 Å². The number of hydrogen-bond donors (Lipinski definition) is 6. The lowest BCUT2D eigenvalue weighted by molar-refractivity contribution is -0.689. The monoisotopic (exact) mass is 801 g/mol. The third-order valence-electron chi connectivity index (χ3n) is 8.40. The van der Waals surface area contributed by atoms with Crippen molar-refractivity contribution in [2.45, 2.75) is 50.1 Å². The molecule has 0 aliphatic carbocycles. The molecule has 5 heterocycles. The number of methoxy groups -OCH3 is 1. The molecule has 1 saturated heterocycles. The van der Waals surface area contributed by atoms with Crippen molar-refractivity contribution in [3.05, 3.63) is 69.9 Å². The number of benzene rings is 1. The van der Waals surface area contributed by atoms with Crippen molar-refractivity contribution in [2.75, 3.05) is 25.6 Å². The Balaban J connectivity index is 1.17. The zero-order chi connectivity index (χ0) is 38.9. The summed E-state index contributed by atoms with van der Waals surface area (Å²) in [5.41, 5.74) is 8.85. The number of nitrogen functional groups attached to an aromatic ring is 1. The first-order valence-corrected chi connectivity index (χ1v) is 18.2. The van der Waals surface area contributed by atoms with E-state index in [0.717, 1.165) is 22.7 Å². The normalized spacial score (nSPS) is 19.9. The molecule has 0 saturated carbocycles. The van der Waals surface area contributed by atoms with Crippen LogP contribution < -0.4 is 26.5 Å². The number of halogens is 1. The second-order valence-corrected chi connectivity index (χ2v) is 14.8. The standard InChI is InChI=1S/C31H33ClN12O8S2/c1-31(2,29(50)51-4)52-38-19(23-36-30(33)54-39-23)26(48)35-20-27(49)44-21(24-37-40-41-42(24)3)15(13-53-28(20)44)12-43-9-7-14(8-10-43)11-34-25(47)16-5-6-17(45)22(46)18(16)32/h5-10,20,24,28H,11-13H2,1-4H3,(H6-,33,34,35,36,37,38,39,40,41,45,46,47,48)/p+1/t20-,24?,28-/m1/s1. The van der Waals surface area contributed by atoms with Gasteiger partial charge in [-0.2, -0.15) is 14.4 Å². The number of hydrazine groups is 1. The number of thioether (sulfide) groups is 1. The van der Waals surface area contributed by atoms with Crippen LogP contribution in [0.25, 0.3) is 0 Å². The molecule has 3 aliphatic rings. The molecule has 0 spiro atoms. The van der Waals surface area contributed by atoms with Crippen molar-refractivity contribution in [3.8, 4) is 11.5 Å². The number of amides is 3. The third-order valence-corrected chi connectivity index (χ3v) is 10.7. The summed E-state index contributed by atoms with van der Waals surface area (Å²) in [6.07, 6.45) is 3.01. The lowest BCUT2D eigenvalue weighted by Crippen LogP contribution is -2.71. The van der Waals surface area contributed by atoms with Gasteiger partial charge in [-0.1, -0.05) is 22.0 Å². The number of ether oxygens (including phenoxy) is 1. The van der Waals surface area contributed by atoms with Crippen LogP contribution in [0.5, 0.6) is 11.5 Å². The van der Waals surface area contributed by atoms with Crippen LogP contribution in [-0.2, 0) is 37.0 Å². The predicted molar refractivity (Wildman–Crippen MR) is 192 cm³/mol. The highest BCUT2D eigenvalue weighted by Crippen LogP contribution is 2.43. The summed E-state index contributed by atoms with van der Waals surface area (Å²) < 4.78 is 10.7. The molecule has 284 valence electrons. The summed E-state index contributed by atoms with van der Waals surface area (Å²) in [6.45, 7) is 3.35. The zero-order valence-corrected chi connectivity index (χ0v) is 31.4. The molecule has 3 atom stereocenters. The number of likely N-dealkylation sites (N-methyl/N-ethyl adjacent to an activating group) is 1. The van der Waals surface area contributed by atoms with E-state index >= 15 is 0 Å². The summed E-state index contributed by atoms with van der Waals surface area (Å²) in [5, 5.41) is 38.0. The number of carbonyl (C=O) groups excluding carboxylic acids is 4.